The fraction of sp³-hybridized carbons (Fsp3) is 0.364. The fourth-order valence-electron chi connectivity index (χ4n) is 1.15. The molecule has 1 aromatic rings. The second-order valence-electron chi connectivity index (χ2n) is 3.96. The van der Waals surface area contributed by atoms with E-state index in [0.717, 1.165) is 4.47 Å². The van der Waals surface area contributed by atoms with Crippen LogP contribution in [0.2, 0.25) is 0 Å². The number of amides is 1. The second-order valence-corrected chi connectivity index (χ2v) is 5.29. The van der Waals surface area contributed by atoms with Crippen LogP contribution < -0.4 is 10.6 Å². The lowest BCUT2D eigenvalue weighted by Gasteiger charge is -2.09. The van der Waals surface area contributed by atoms with Gasteiger partial charge in [0.2, 0.25) is 5.91 Å². The Morgan fingerprint density at radius 2 is 2.24 bits per heavy atom. The number of aromatic nitrogens is 1. The number of nitrogens with zero attached hydrogens (tertiary/aromatic N) is 1. The lowest BCUT2D eigenvalue weighted by Crippen LogP contribution is -2.34. The highest BCUT2D eigenvalue weighted by molar-refractivity contribution is 9.10. The molecule has 0 unspecified atom stereocenters. The van der Waals surface area contributed by atoms with Crippen molar-refractivity contribution >= 4 is 45.0 Å². The van der Waals surface area contributed by atoms with Gasteiger partial charge in [0.1, 0.15) is 5.82 Å². The van der Waals surface area contributed by atoms with Gasteiger partial charge in [0.05, 0.1) is 0 Å². The van der Waals surface area contributed by atoms with E-state index in [9.17, 15) is 4.79 Å². The average molecular weight is 316 g/mol. The van der Waals surface area contributed by atoms with E-state index in [-0.39, 0.29) is 11.0 Å². The minimum absolute atomic E-state index is 0.0883. The van der Waals surface area contributed by atoms with Gasteiger partial charge in [-0.3, -0.25) is 4.79 Å². The molecule has 0 fully saturated rings. The smallest absolute Gasteiger partial charge is 0.226 e. The highest BCUT2D eigenvalue weighted by atomic mass is 79.9. The molecule has 1 amide bonds. The highest BCUT2D eigenvalue weighted by Crippen LogP contribution is 2.10. The summed E-state index contributed by atoms with van der Waals surface area (Å²) in [6.45, 7) is 3.96. The molecule has 6 heteroatoms. The van der Waals surface area contributed by atoms with Crippen LogP contribution in [0.25, 0.3) is 0 Å². The van der Waals surface area contributed by atoms with Crippen LogP contribution in [0.15, 0.2) is 22.8 Å². The first kappa shape index (κ1) is 14.1. The number of pyridine rings is 1. The maximum Gasteiger partial charge on any atom is 0.226 e. The Labute approximate surface area is 114 Å². The predicted molar refractivity (Wildman–Crippen MR) is 75.8 cm³/mol. The summed E-state index contributed by atoms with van der Waals surface area (Å²) in [6, 6.07) is 3.61. The quantitative estimate of drug-likeness (QED) is 0.842. The molecular weight excluding hydrogens is 302 g/mol. The number of anilines is 1. The molecule has 0 aromatic carbocycles. The van der Waals surface area contributed by atoms with Gasteiger partial charge in [0.15, 0.2) is 5.11 Å². The van der Waals surface area contributed by atoms with Crippen molar-refractivity contribution in [1.82, 2.24) is 10.3 Å². The Morgan fingerprint density at radius 1 is 1.53 bits per heavy atom. The maximum absolute atomic E-state index is 11.4. The van der Waals surface area contributed by atoms with E-state index in [1.807, 2.05) is 19.9 Å². The summed E-state index contributed by atoms with van der Waals surface area (Å²) in [4.78, 5) is 15.5. The van der Waals surface area contributed by atoms with Gasteiger partial charge in [0.25, 0.3) is 0 Å². The van der Waals surface area contributed by atoms with Crippen LogP contribution in [0.3, 0.4) is 0 Å². The van der Waals surface area contributed by atoms with Crippen molar-refractivity contribution in [2.45, 2.75) is 20.3 Å². The van der Waals surface area contributed by atoms with Crippen LogP contribution in [0.4, 0.5) is 5.82 Å². The van der Waals surface area contributed by atoms with Crippen LogP contribution in [0, 0.1) is 5.92 Å². The van der Waals surface area contributed by atoms with E-state index in [1.54, 1.807) is 12.3 Å². The molecule has 0 saturated heterocycles. The van der Waals surface area contributed by atoms with Crippen LogP contribution in [-0.4, -0.2) is 16.0 Å². The summed E-state index contributed by atoms with van der Waals surface area (Å²) in [6.07, 6.45) is 2.11. The minimum Gasteiger partial charge on any atom is -0.317 e. The van der Waals surface area contributed by atoms with Crippen molar-refractivity contribution in [3.05, 3.63) is 22.8 Å². The number of hydrogen-bond donors (Lipinski definition) is 2. The summed E-state index contributed by atoms with van der Waals surface area (Å²) in [7, 11) is 0. The molecule has 0 atom stereocenters. The first-order chi connectivity index (χ1) is 7.97. The van der Waals surface area contributed by atoms with Crippen molar-refractivity contribution in [1.29, 1.82) is 0 Å². The monoisotopic (exact) mass is 315 g/mol. The van der Waals surface area contributed by atoms with Gasteiger partial charge < -0.3 is 10.6 Å². The molecule has 0 radical (unpaired) electrons. The predicted octanol–water partition coefficient (Wildman–Crippen LogP) is 2.70. The minimum atomic E-state index is -0.0883. The normalized spacial score (nSPS) is 10.1. The molecule has 4 nitrogen and oxygen atoms in total. The number of nitrogens with one attached hydrogen (secondary N) is 2. The molecule has 1 heterocycles. The summed E-state index contributed by atoms with van der Waals surface area (Å²) in [5.74, 6) is 0.821. The van der Waals surface area contributed by atoms with E-state index in [2.05, 4.69) is 31.5 Å². The molecule has 1 aromatic heterocycles. The van der Waals surface area contributed by atoms with E-state index in [4.69, 9.17) is 12.2 Å². The highest BCUT2D eigenvalue weighted by Gasteiger charge is 2.07. The lowest BCUT2D eigenvalue weighted by atomic mass is 10.1. The molecule has 0 aliphatic heterocycles. The van der Waals surface area contributed by atoms with E-state index in [1.165, 1.54) is 0 Å². The number of hydrogen-bond acceptors (Lipinski definition) is 3. The first-order valence-corrected chi connectivity index (χ1v) is 6.40. The SMILES string of the molecule is CC(C)CC(=O)NC(=S)Nc1ccc(Br)cn1. The van der Waals surface area contributed by atoms with Gasteiger partial charge >= 0.3 is 0 Å². The number of carbonyl (C=O) groups is 1. The number of rotatable bonds is 3. The molecule has 0 aliphatic carbocycles. The average Bonchev–Trinajstić information content (AvgIpc) is 2.19. The Kier molecular flexibility index (Phi) is 5.50. The molecule has 0 spiro atoms. The molecule has 92 valence electrons. The maximum atomic E-state index is 11.4. The van der Waals surface area contributed by atoms with Gasteiger partial charge in [-0.25, -0.2) is 4.98 Å². The van der Waals surface area contributed by atoms with Crippen molar-refractivity contribution in [3.8, 4) is 0 Å². The lowest BCUT2D eigenvalue weighted by molar-refractivity contribution is -0.120. The molecule has 2 N–H and O–H groups in total. The molecule has 0 aliphatic rings. The summed E-state index contributed by atoms with van der Waals surface area (Å²) >= 11 is 8.29. The summed E-state index contributed by atoms with van der Waals surface area (Å²) < 4.78 is 0.887. The Bertz CT molecular complexity index is 406. The second kappa shape index (κ2) is 6.66. The third-order valence-corrected chi connectivity index (χ3v) is 2.49. The molecular formula is C11H14BrN3OS. The summed E-state index contributed by atoms with van der Waals surface area (Å²) in [5, 5.41) is 5.71. The number of halogens is 1. The van der Waals surface area contributed by atoms with Crippen LogP contribution in [0.5, 0.6) is 0 Å². The van der Waals surface area contributed by atoms with Gasteiger partial charge in [-0.1, -0.05) is 13.8 Å². The third kappa shape index (κ3) is 5.74. The first-order valence-electron chi connectivity index (χ1n) is 5.19. The van der Waals surface area contributed by atoms with Crippen molar-refractivity contribution < 1.29 is 4.79 Å². The van der Waals surface area contributed by atoms with Gasteiger partial charge in [0, 0.05) is 17.1 Å². The largest absolute Gasteiger partial charge is 0.317 e. The third-order valence-electron chi connectivity index (χ3n) is 1.82. The van der Waals surface area contributed by atoms with E-state index in [0.29, 0.717) is 18.2 Å². The van der Waals surface area contributed by atoms with Crippen LogP contribution in [0.1, 0.15) is 20.3 Å². The summed E-state index contributed by atoms with van der Waals surface area (Å²) in [5.41, 5.74) is 0. The number of thiocarbonyl (C=S) groups is 1. The zero-order valence-electron chi connectivity index (χ0n) is 9.66. The topological polar surface area (TPSA) is 54.0 Å². The van der Waals surface area contributed by atoms with Crippen molar-refractivity contribution in [2.75, 3.05) is 5.32 Å². The Balaban J connectivity index is 2.44. The Morgan fingerprint density at radius 3 is 2.76 bits per heavy atom. The molecule has 0 saturated carbocycles. The van der Waals surface area contributed by atoms with Crippen molar-refractivity contribution in [2.24, 2.45) is 5.92 Å². The van der Waals surface area contributed by atoms with Gasteiger partial charge in [-0.2, -0.15) is 0 Å². The van der Waals surface area contributed by atoms with Crippen LogP contribution in [-0.2, 0) is 4.79 Å². The van der Waals surface area contributed by atoms with E-state index >= 15 is 0 Å². The fourth-order valence-corrected chi connectivity index (χ4v) is 1.60. The van der Waals surface area contributed by atoms with Gasteiger partial charge in [-0.15, -0.1) is 0 Å². The van der Waals surface area contributed by atoms with Gasteiger partial charge in [-0.05, 0) is 46.2 Å². The van der Waals surface area contributed by atoms with Crippen LogP contribution >= 0.6 is 28.1 Å². The number of carbonyl (C=O) groups excluding carboxylic acids is 1. The molecule has 17 heavy (non-hydrogen) atoms. The standard InChI is InChI=1S/C11H14BrN3OS/c1-7(2)5-10(16)15-11(17)14-9-4-3-8(12)6-13-9/h3-4,6-7H,5H2,1-2H3,(H2,13,14,15,16,17). The molecule has 1 rings (SSSR count). The zero-order valence-corrected chi connectivity index (χ0v) is 12.1. The van der Waals surface area contributed by atoms with Crippen molar-refractivity contribution in [3.63, 3.8) is 0 Å². The van der Waals surface area contributed by atoms with E-state index < -0.39 is 0 Å². The molecule has 0 bridgehead atoms. The zero-order chi connectivity index (χ0) is 12.8. The Hall–Kier alpha value is -1.01.